The molecule has 0 radical (unpaired) electrons. The molecule has 0 bridgehead atoms. The molecule has 0 aliphatic heterocycles. The van der Waals surface area contributed by atoms with Crippen LogP contribution < -0.4 is 0 Å². The minimum atomic E-state index is 0. The standard InChI is InChI=1S/C24H18N2.Pt/c1-3-9-19(10-4-1)17-18-21-13-7-15-23(25-21)24-16-8-14-22(26-24)20-11-5-2-6-12-20;/h1-9,11,13-16H,17-18H2;/q-2;+2. The van der Waals surface area contributed by atoms with Gasteiger partial charge in [0.05, 0.1) is 11.4 Å². The Bertz CT molecular complexity index is 985. The maximum atomic E-state index is 4.81. The smallest absolute Gasteiger partial charge is 0.295 e. The van der Waals surface area contributed by atoms with E-state index < -0.39 is 0 Å². The van der Waals surface area contributed by atoms with Crippen molar-refractivity contribution in [3.8, 4) is 22.6 Å². The van der Waals surface area contributed by atoms with Crippen molar-refractivity contribution >= 4 is 0 Å². The third kappa shape index (κ3) is 4.99. The summed E-state index contributed by atoms with van der Waals surface area (Å²) < 4.78 is 0. The Morgan fingerprint density at radius 1 is 0.593 bits per heavy atom. The fourth-order valence-electron chi connectivity index (χ4n) is 2.89. The molecule has 0 aliphatic rings. The molecule has 0 unspecified atom stereocenters. The Labute approximate surface area is 174 Å². The maximum Gasteiger partial charge on any atom is 2.00 e. The summed E-state index contributed by atoms with van der Waals surface area (Å²) in [5.74, 6) is 0. The second kappa shape index (κ2) is 9.39. The molecule has 0 N–H and O–H groups in total. The van der Waals surface area contributed by atoms with Crippen molar-refractivity contribution in [3.05, 3.63) is 108 Å². The fraction of sp³-hybridized carbons (Fsp3) is 0.0833. The molecule has 0 atom stereocenters. The molecule has 0 saturated heterocycles. The second-order valence-corrected chi connectivity index (χ2v) is 6.09. The Hall–Kier alpha value is -2.57. The van der Waals surface area contributed by atoms with E-state index in [2.05, 4.69) is 30.3 Å². The van der Waals surface area contributed by atoms with Crippen molar-refractivity contribution in [1.29, 1.82) is 0 Å². The van der Waals surface area contributed by atoms with E-state index in [1.54, 1.807) is 0 Å². The van der Waals surface area contributed by atoms with Gasteiger partial charge in [0, 0.05) is 5.69 Å². The minimum absolute atomic E-state index is 0. The molecule has 27 heavy (non-hydrogen) atoms. The van der Waals surface area contributed by atoms with Crippen LogP contribution in [0, 0.1) is 12.1 Å². The van der Waals surface area contributed by atoms with E-state index in [4.69, 9.17) is 9.97 Å². The summed E-state index contributed by atoms with van der Waals surface area (Å²) in [5, 5.41) is 0. The average Bonchev–Trinajstić information content (AvgIpc) is 2.74. The van der Waals surface area contributed by atoms with E-state index in [1.807, 2.05) is 66.7 Å². The Balaban J connectivity index is 0.00000210. The number of aromatic nitrogens is 2. The number of rotatable bonds is 5. The number of nitrogens with zero attached hydrogens (tertiary/aromatic N) is 2. The largest absolute Gasteiger partial charge is 2.00 e. The molecule has 0 amide bonds. The van der Waals surface area contributed by atoms with Crippen molar-refractivity contribution in [2.45, 2.75) is 12.8 Å². The minimum Gasteiger partial charge on any atom is -0.295 e. The van der Waals surface area contributed by atoms with Crippen molar-refractivity contribution < 1.29 is 21.1 Å². The summed E-state index contributed by atoms with van der Waals surface area (Å²) in [4.78, 5) is 9.58. The van der Waals surface area contributed by atoms with E-state index in [0.717, 1.165) is 41.2 Å². The molecule has 0 fully saturated rings. The van der Waals surface area contributed by atoms with Gasteiger partial charge < -0.3 is 0 Å². The van der Waals surface area contributed by atoms with Crippen molar-refractivity contribution in [3.63, 3.8) is 0 Å². The average molecular weight is 530 g/mol. The molecular weight excluding hydrogens is 511 g/mol. The molecule has 0 saturated carbocycles. The first-order valence-corrected chi connectivity index (χ1v) is 8.74. The summed E-state index contributed by atoms with van der Waals surface area (Å²) >= 11 is 0. The first-order valence-electron chi connectivity index (χ1n) is 8.74. The number of benzene rings is 2. The monoisotopic (exact) mass is 529 g/mol. The number of hydrogen-bond acceptors (Lipinski definition) is 2. The zero-order valence-corrected chi connectivity index (χ0v) is 17.0. The Morgan fingerprint density at radius 2 is 1.30 bits per heavy atom. The number of aryl methyl sites for hydroxylation is 2. The Kier molecular flexibility index (Phi) is 6.68. The molecule has 2 heterocycles. The number of pyridine rings is 2. The molecule has 2 nitrogen and oxygen atoms in total. The fourth-order valence-corrected chi connectivity index (χ4v) is 2.89. The van der Waals surface area contributed by atoms with Crippen molar-refractivity contribution in [2.75, 3.05) is 0 Å². The van der Waals surface area contributed by atoms with Crippen LogP contribution in [0.2, 0.25) is 0 Å². The number of hydrogen-bond donors (Lipinski definition) is 0. The van der Waals surface area contributed by atoms with Gasteiger partial charge in [-0.1, -0.05) is 18.2 Å². The maximum absolute atomic E-state index is 4.81. The van der Waals surface area contributed by atoms with E-state index in [0.29, 0.717) is 0 Å². The van der Waals surface area contributed by atoms with E-state index >= 15 is 0 Å². The first-order chi connectivity index (χ1) is 12.9. The summed E-state index contributed by atoms with van der Waals surface area (Å²) in [6, 6.07) is 34.6. The van der Waals surface area contributed by atoms with E-state index in [-0.39, 0.29) is 21.1 Å². The van der Waals surface area contributed by atoms with Gasteiger partial charge in [-0.2, -0.15) is 35.9 Å². The predicted molar refractivity (Wildman–Crippen MR) is 104 cm³/mol. The molecule has 0 aliphatic carbocycles. The van der Waals surface area contributed by atoms with E-state index in [9.17, 15) is 0 Å². The third-order valence-corrected chi connectivity index (χ3v) is 4.23. The van der Waals surface area contributed by atoms with Gasteiger partial charge in [-0.25, -0.2) is 0 Å². The van der Waals surface area contributed by atoms with Crippen LogP contribution in [-0.2, 0) is 33.9 Å². The van der Waals surface area contributed by atoms with Crippen LogP contribution in [-0.4, -0.2) is 9.97 Å². The molecular formula is C24H18N2Pt. The second-order valence-electron chi connectivity index (χ2n) is 6.09. The molecule has 2 aromatic heterocycles. The Morgan fingerprint density at radius 3 is 2.04 bits per heavy atom. The topological polar surface area (TPSA) is 25.8 Å². The zero-order chi connectivity index (χ0) is 17.6. The summed E-state index contributed by atoms with van der Waals surface area (Å²) in [6.45, 7) is 0. The molecule has 134 valence electrons. The predicted octanol–water partition coefficient (Wildman–Crippen LogP) is 5.19. The van der Waals surface area contributed by atoms with Crippen LogP contribution in [0.5, 0.6) is 0 Å². The van der Waals surface area contributed by atoms with Gasteiger partial charge in [0.15, 0.2) is 0 Å². The van der Waals surface area contributed by atoms with Gasteiger partial charge >= 0.3 is 21.1 Å². The SMILES string of the molecule is [Pt+2].[c-]1ccccc1CCc1cccc(-c2cccc(-c3[c-]cccc3)n2)n1. The van der Waals surface area contributed by atoms with E-state index in [1.165, 1.54) is 5.56 Å². The van der Waals surface area contributed by atoms with Gasteiger partial charge in [-0.05, 0) is 36.7 Å². The van der Waals surface area contributed by atoms with Gasteiger partial charge in [-0.3, -0.25) is 9.97 Å². The zero-order valence-electron chi connectivity index (χ0n) is 14.7. The van der Waals surface area contributed by atoms with Crippen molar-refractivity contribution in [1.82, 2.24) is 9.97 Å². The quantitative estimate of drug-likeness (QED) is 0.333. The van der Waals surface area contributed by atoms with Crippen LogP contribution in [0.3, 0.4) is 0 Å². The molecule has 4 aromatic rings. The van der Waals surface area contributed by atoms with Gasteiger partial charge in [-0.15, -0.1) is 35.9 Å². The van der Waals surface area contributed by atoms with Crippen molar-refractivity contribution in [2.24, 2.45) is 0 Å². The van der Waals surface area contributed by atoms with Gasteiger partial charge in [0.1, 0.15) is 0 Å². The summed E-state index contributed by atoms with van der Waals surface area (Å²) in [5.41, 5.74) is 5.96. The van der Waals surface area contributed by atoms with Crippen LogP contribution in [0.1, 0.15) is 11.3 Å². The van der Waals surface area contributed by atoms with Gasteiger partial charge in [0.25, 0.3) is 0 Å². The van der Waals surface area contributed by atoms with Crippen LogP contribution in [0.4, 0.5) is 0 Å². The van der Waals surface area contributed by atoms with Gasteiger partial charge in [0.2, 0.25) is 0 Å². The molecule has 0 spiro atoms. The van der Waals surface area contributed by atoms with Crippen LogP contribution in [0.15, 0.2) is 84.9 Å². The van der Waals surface area contributed by atoms with Crippen LogP contribution >= 0.6 is 0 Å². The molecule has 4 rings (SSSR count). The third-order valence-electron chi connectivity index (χ3n) is 4.23. The molecule has 2 aromatic carbocycles. The summed E-state index contributed by atoms with van der Waals surface area (Å²) in [6.07, 6.45) is 1.82. The van der Waals surface area contributed by atoms with Crippen LogP contribution in [0.25, 0.3) is 22.6 Å². The summed E-state index contributed by atoms with van der Waals surface area (Å²) in [7, 11) is 0. The molecule has 3 heteroatoms. The first kappa shape index (κ1) is 19.2. The normalized spacial score (nSPS) is 10.2.